The SMILES string of the molecule is CC[C@](C)(O)CNC(=O)[C@@H](C)n1c(-c2cccs2)n[nH]c1=S. The number of thiophene rings is 1. The highest BCUT2D eigenvalue weighted by atomic mass is 32.1. The number of H-pyrrole nitrogens is 1. The van der Waals surface area contributed by atoms with Crippen molar-refractivity contribution in [1.29, 1.82) is 0 Å². The smallest absolute Gasteiger partial charge is 0.243 e. The number of nitrogens with zero attached hydrogens (tertiary/aromatic N) is 2. The van der Waals surface area contributed by atoms with Crippen LogP contribution in [0.15, 0.2) is 17.5 Å². The van der Waals surface area contributed by atoms with E-state index in [1.54, 1.807) is 18.4 Å². The van der Waals surface area contributed by atoms with Gasteiger partial charge in [0.05, 0.1) is 10.5 Å². The summed E-state index contributed by atoms with van der Waals surface area (Å²) < 4.78 is 2.09. The molecule has 2 aromatic heterocycles. The van der Waals surface area contributed by atoms with E-state index in [1.165, 1.54) is 11.3 Å². The molecule has 0 radical (unpaired) electrons. The van der Waals surface area contributed by atoms with Gasteiger partial charge in [-0.3, -0.25) is 14.5 Å². The summed E-state index contributed by atoms with van der Waals surface area (Å²) in [5, 5.41) is 21.6. The summed E-state index contributed by atoms with van der Waals surface area (Å²) in [4.78, 5) is 13.3. The average molecular weight is 340 g/mol. The Balaban J connectivity index is 2.20. The molecule has 8 heteroatoms. The maximum Gasteiger partial charge on any atom is 0.243 e. The molecule has 2 rings (SSSR count). The zero-order chi connectivity index (χ0) is 16.3. The fourth-order valence-electron chi connectivity index (χ4n) is 1.91. The maximum absolute atomic E-state index is 12.4. The van der Waals surface area contributed by atoms with Crippen molar-refractivity contribution < 1.29 is 9.90 Å². The van der Waals surface area contributed by atoms with E-state index in [1.807, 2.05) is 24.4 Å². The van der Waals surface area contributed by atoms with Crippen molar-refractivity contribution in [3.8, 4) is 10.7 Å². The number of carbonyl (C=O) groups is 1. The normalized spacial score (nSPS) is 15.3. The van der Waals surface area contributed by atoms with Crippen molar-refractivity contribution in [1.82, 2.24) is 20.1 Å². The highest BCUT2D eigenvalue weighted by molar-refractivity contribution is 7.71. The maximum atomic E-state index is 12.4. The summed E-state index contributed by atoms with van der Waals surface area (Å²) in [6, 6.07) is 3.33. The zero-order valence-corrected chi connectivity index (χ0v) is 14.4. The van der Waals surface area contributed by atoms with Gasteiger partial charge in [0, 0.05) is 6.54 Å². The first-order valence-electron chi connectivity index (χ1n) is 7.06. The van der Waals surface area contributed by atoms with Crippen LogP contribution in [0.1, 0.15) is 33.2 Å². The van der Waals surface area contributed by atoms with E-state index in [4.69, 9.17) is 12.2 Å². The van der Waals surface area contributed by atoms with Crippen LogP contribution in [0.5, 0.6) is 0 Å². The largest absolute Gasteiger partial charge is 0.388 e. The van der Waals surface area contributed by atoms with Crippen LogP contribution in [0.2, 0.25) is 0 Å². The second-order valence-electron chi connectivity index (χ2n) is 5.44. The Kier molecular flexibility index (Phi) is 5.15. The molecule has 6 nitrogen and oxygen atoms in total. The number of carbonyl (C=O) groups excluding carboxylic acids is 1. The summed E-state index contributed by atoms with van der Waals surface area (Å²) in [5.41, 5.74) is -0.913. The number of hydrogen-bond acceptors (Lipinski definition) is 5. The standard InChI is InChI=1S/C14H20N4O2S2/c1-4-14(3,20)8-15-12(19)9(2)18-11(16-17-13(18)21)10-6-5-7-22-10/h5-7,9,20H,4,8H2,1-3H3,(H,15,19)(H,17,21)/t9-,14+/m1/s1. The van der Waals surface area contributed by atoms with Crippen molar-refractivity contribution in [2.24, 2.45) is 0 Å². The molecule has 2 aromatic rings. The van der Waals surface area contributed by atoms with E-state index in [0.717, 1.165) is 4.88 Å². The van der Waals surface area contributed by atoms with Gasteiger partial charge in [-0.2, -0.15) is 5.10 Å². The van der Waals surface area contributed by atoms with Crippen LogP contribution in [-0.2, 0) is 4.79 Å². The van der Waals surface area contributed by atoms with Crippen LogP contribution >= 0.6 is 23.6 Å². The van der Waals surface area contributed by atoms with Gasteiger partial charge in [0.2, 0.25) is 5.91 Å². The minimum Gasteiger partial charge on any atom is -0.388 e. The quantitative estimate of drug-likeness (QED) is 0.706. The molecule has 0 fully saturated rings. The molecule has 1 amide bonds. The molecule has 2 heterocycles. The van der Waals surface area contributed by atoms with Crippen LogP contribution in [0, 0.1) is 4.77 Å². The van der Waals surface area contributed by atoms with E-state index in [-0.39, 0.29) is 12.5 Å². The number of aliphatic hydroxyl groups is 1. The number of hydrogen-bond donors (Lipinski definition) is 3. The molecule has 0 unspecified atom stereocenters. The van der Waals surface area contributed by atoms with Crippen molar-refractivity contribution in [3.05, 3.63) is 22.3 Å². The second-order valence-corrected chi connectivity index (χ2v) is 6.78. The number of amides is 1. The molecular formula is C14H20N4O2S2. The minimum absolute atomic E-state index is 0.201. The Bertz CT molecular complexity index is 688. The average Bonchev–Trinajstić information content (AvgIpc) is 3.13. The first-order valence-corrected chi connectivity index (χ1v) is 8.35. The second kappa shape index (κ2) is 6.72. The summed E-state index contributed by atoms with van der Waals surface area (Å²) in [6.07, 6.45) is 0.563. The van der Waals surface area contributed by atoms with Gasteiger partial charge in [0.1, 0.15) is 6.04 Å². The van der Waals surface area contributed by atoms with Crippen molar-refractivity contribution in [2.75, 3.05) is 6.54 Å². The lowest BCUT2D eigenvalue weighted by Crippen LogP contribution is -2.42. The molecule has 3 N–H and O–H groups in total. The summed E-state index contributed by atoms with van der Waals surface area (Å²) in [6.45, 7) is 5.53. The van der Waals surface area contributed by atoms with E-state index in [9.17, 15) is 9.90 Å². The fourth-order valence-corrected chi connectivity index (χ4v) is 2.91. The van der Waals surface area contributed by atoms with Crippen LogP contribution < -0.4 is 5.32 Å². The lowest BCUT2D eigenvalue weighted by atomic mass is 10.0. The molecule has 0 saturated carbocycles. The van der Waals surface area contributed by atoms with Gasteiger partial charge in [-0.25, -0.2) is 0 Å². The van der Waals surface area contributed by atoms with Gasteiger partial charge in [-0.15, -0.1) is 11.3 Å². The number of nitrogens with one attached hydrogen (secondary N) is 2. The molecule has 22 heavy (non-hydrogen) atoms. The Morgan fingerprint density at radius 2 is 2.41 bits per heavy atom. The monoisotopic (exact) mass is 340 g/mol. The third-order valence-electron chi connectivity index (χ3n) is 3.62. The van der Waals surface area contributed by atoms with Crippen LogP contribution in [0.3, 0.4) is 0 Å². The third kappa shape index (κ3) is 3.63. The van der Waals surface area contributed by atoms with Gasteiger partial charge >= 0.3 is 0 Å². The Morgan fingerprint density at radius 1 is 1.68 bits per heavy atom. The highest BCUT2D eigenvalue weighted by Crippen LogP contribution is 2.25. The third-order valence-corrected chi connectivity index (χ3v) is 4.77. The number of rotatable bonds is 6. The predicted molar refractivity (Wildman–Crippen MR) is 89.4 cm³/mol. The van der Waals surface area contributed by atoms with E-state index in [2.05, 4.69) is 15.5 Å². The first-order chi connectivity index (χ1) is 10.4. The molecular weight excluding hydrogens is 320 g/mol. The summed E-state index contributed by atoms with van der Waals surface area (Å²) >= 11 is 6.78. The Hall–Kier alpha value is -1.51. The van der Waals surface area contributed by atoms with E-state index in [0.29, 0.717) is 17.0 Å². The van der Waals surface area contributed by atoms with Gasteiger partial charge in [-0.05, 0) is 43.9 Å². The van der Waals surface area contributed by atoms with Crippen molar-refractivity contribution in [3.63, 3.8) is 0 Å². The fraction of sp³-hybridized carbons (Fsp3) is 0.500. The molecule has 0 spiro atoms. The topological polar surface area (TPSA) is 82.9 Å². The predicted octanol–water partition coefficient (Wildman–Crippen LogP) is 2.51. The molecule has 0 aliphatic carbocycles. The molecule has 0 aromatic carbocycles. The molecule has 120 valence electrons. The van der Waals surface area contributed by atoms with Crippen molar-refractivity contribution >= 4 is 29.5 Å². The van der Waals surface area contributed by atoms with Crippen LogP contribution in [0.4, 0.5) is 0 Å². The van der Waals surface area contributed by atoms with Gasteiger partial charge in [0.25, 0.3) is 0 Å². The van der Waals surface area contributed by atoms with Crippen molar-refractivity contribution in [2.45, 2.75) is 38.8 Å². The first kappa shape index (κ1) is 16.9. The molecule has 0 bridgehead atoms. The minimum atomic E-state index is -0.913. The lowest BCUT2D eigenvalue weighted by Gasteiger charge is -2.23. The summed E-state index contributed by atoms with van der Waals surface area (Å²) in [5.74, 6) is 0.439. The van der Waals surface area contributed by atoms with E-state index < -0.39 is 11.6 Å². The number of aromatic amines is 1. The van der Waals surface area contributed by atoms with Gasteiger partial charge in [-0.1, -0.05) is 13.0 Å². The zero-order valence-electron chi connectivity index (χ0n) is 12.8. The van der Waals surface area contributed by atoms with E-state index >= 15 is 0 Å². The van der Waals surface area contributed by atoms with Crippen LogP contribution in [-0.4, -0.2) is 37.9 Å². The highest BCUT2D eigenvalue weighted by Gasteiger charge is 2.24. The lowest BCUT2D eigenvalue weighted by molar-refractivity contribution is -0.125. The van der Waals surface area contributed by atoms with Crippen LogP contribution in [0.25, 0.3) is 10.7 Å². The molecule has 0 aliphatic heterocycles. The Labute approximate surface area is 138 Å². The van der Waals surface area contributed by atoms with Gasteiger partial charge < -0.3 is 10.4 Å². The molecule has 0 aliphatic rings. The molecule has 2 atom stereocenters. The summed E-state index contributed by atoms with van der Waals surface area (Å²) in [7, 11) is 0. The molecule has 0 saturated heterocycles. The Morgan fingerprint density at radius 3 is 3.00 bits per heavy atom. The van der Waals surface area contributed by atoms with Gasteiger partial charge in [0.15, 0.2) is 10.6 Å². The number of aromatic nitrogens is 3.